The number of aliphatic hydroxyl groups excluding tert-OH is 2. The fourth-order valence-corrected chi connectivity index (χ4v) is 8.25. The van der Waals surface area contributed by atoms with E-state index in [9.17, 15) is 48.7 Å². The van der Waals surface area contributed by atoms with Gasteiger partial charge >= 0.3 is 13.8 Å². The van der Waals surface area contributed by atoms with Gasteiger partial charge in [-0.3, -0.25) is 33.3 Å². The number of nitrogens with zero attached hydrogens (tertiary/aromatic N) is 2. The van der Waals surface area contributed by atoms with Crippen molar-refractivity contribution in [3.63, 3.8) is 0 Å². The normalized spacial score (nSPS) is 25.6. The Kier molecular flexibility index (Phi) is 18.4. The lowest BCUT2D eigenvalue weighted by molar-refractivity contribution is -0.165. The number of cyclic esters (lactones) is 1. The van der Waals surface area contributed by atoms with E-state index in [-0.39, 0.29) is 44.3 Å². The van der Waals surface area contributed by atoms with E-state index < -0.39 is 116 Å². The Hall–Kier alpha value is -6.22. The first-order valence-corrected chi connectivity index (χ1v) is 23.6. The van der Waals surface area contributed by atoms with E-state index in [1.807, 2.05) is 0 Å². The van der Waals surface area contributed by atoms with Gasteiger partial charge in [0, 0.05) is 26.3 Å². The quantitative estimate of drug-likeness (QED) is 0.0802. The van der Waals surface area contributed by atoms with Crippen LogP contribution in [0.4, 0.5) is 0 Å². The number of rotatable bonds is 13. The highest BCUT2D eigenvalue weighted by Crippen LogP contribution is 2.35. The van der Waals surface area contributed by atoms with Crippen LogP contribution in [0.15, 0.2) is 84.9 Å². The molecule has 2 saturated heterocycles. The third kappa shape index (κ3) is 14.2. The number of carbonyl (C=O) groups excluding carboxylic acids is 7. The molecule has 0 unspecified atom stereocenters. The number of aromatic hydroxyl groups is 1. The number of phosphoric acid groups is 1. The van der Waals surface area contributed by atoms with Gasteiger partial charge in [-0.25, -0.2) is 9.36 Å². The maximum Gasteiger partial charge on any atom is 0.469 e. The lowest BCUT2D eigenvalue weighted by atomic mass is 9.95. The number of likely N-dealkylation sites (N-methyl/N-ethyl adjacent to an activating group) is 1. The summed E-state index contributed by atoms with van der Waals surface area (Å²) in [6.45, 7) is 3.35. The molecule has 0 spiro atoms. The molecule has 0 aliphatic carbocycles. The zero-order valence-electron chi connectivity index (χ0n) is 38.0. The number of phosphoric ester groups is 1. The predicted molar refractivity (Wildman–Crippen MR) is 241 cm³/mol. The summed E-state index contributed by atoms with van der Waals surface area (Å²) in [5.41, 5.74) is 1.61. The monoisotopic (exact) mass is 966 g/mol. The van der Waals surface area contributed by atoms with Crippen LogP contribution in [-0.4, -0.2) is 145 Å². The maximum absolute atomic E-state index is 15.1. The molecule has 22 heteroatoms. The van der Waals surface area contributed by atoms with Gasteiger partial charge in [-0.05, 0) is 54.5 Å². The van der Waals surface area contributed by atoms with Crippen LogP contribution in [0.3, 0.4) is 0 Å². The Morgan fingerprint density at radius 1 is 0.809 bits per heavy atom. The van der Waals surface area contributed by atoms with Gasteiger partial charge in [0.1, 0.15) is 54.3 Å². The van der Waals surface area contributed by atoms with E-state index in [4.69, 9.17) is 14.5 Å². The molecule has 3 aromatic rings. The first-order valence-electron chi connectivity index (χ1n) is 22.1. The average molecular weight is 967 g/mol. The van der Waals surface area contributed by atoms with Crippen LogP contribution in [-0.2, 0) is 66.6 Å². The Morgan fingerprint density at radius 3 is 1.97 bits per heavy atom. The molecule has 68 heavy (non-hydrogen) atoms. The van der Waals surface area contributed by atoms with Crippen molar-refractivity contribution in [2.24, 2.45) is 5.92 Å². The highest BCUT2D eigenvalue weighted by atomic mass is 31.2. The fourth-order valence-electron chi connectivity index (χ4n) is 7.92. The molecule has 2 bridgehead atoms. The molecule has 10 atom stereocenters. The van der Waals surface area contributed by atoms with Crippen LogP contribution in [0.1, 0.15) is 56.7 Å². The van der Waals surface area contributed by atoms with Gasteiger partial charge < -0.3 is 60.9 Å². The maximum atomic E-state index is 15.1. The summed E-state index contributed by atoms with van der Waals surface area (Å²) < 4.78 is 21.4. The molecule has 2 aliphatic heterocycles. The molecule has 9 N–H and O–H groups in total. The predicted octanol–water partition coefficient (Wildman–Crippen LogP) is -0.0427. The number of fused-ring (bicyclic) bond motifs is 2. The second-order valence-electron chi connectivity index (χ2n) is 17.0. The third-order valence-electron chi connectivity index (χ3n) is 12.0. The van der Waals surface area contributed by atoms with Gasteiger partial charge in [0.2, 0.25) is 29.5 Å². The smallest absolute Gasteiger partial charge is 0.469 e. The summed E-state index contributed by atoms with van der Waals surface area (Å²) in [6, 6.07) is 13.7. The van der Waals surface area contributed by atoms with Crippen molar-refractivity contribution in [3.05, 3.63) is 102 Å². The third-order valence-corrected chi connectivity index (χ3v) is 12.5. The van der Waals surface area contributed by atoms with Crippen LogP contribution in [0, 0.1) is 5.92 Å². The summed E-state index contributed by atoms with van der Waals surface area (Å²) >= 11 is 0. The fraction of sp³-hybridized carbons (Fsp3) is 0.457. The second kappa shape index (κ2) is 23.7. The van der Waals surface area contributed by atoms with E-state index >= 15 is 4.79 Å². The topological polar surface area (TPSA) is 311 Å². The minimum Gasteiger partial charge on any atom is -0.508 e. The molecule has 368 valence electrons. The number of piperidine rings is 1. The molecule has 5 rings (SSSR count). The molecular weight excluding hydrogens is 908 g/mol. The Morgan fingerprint density at radius 2 is 1.38 bits per heavy atom. The van der Waals surface area contributed by atoms with E-state index in [1.54, 1.807) is 74.5 Å². The summed E-state index contributed by atoms with van der Waals surface area (Å²) in [6.07, 6.45) is -5.87. The number of carbonyl (C=O) groups is 7. The van der Waals surface area contributed by atoms with Gasteiger partial charge in [-0.1, -0.05) is 93.1 Å². The van der Waals surface area contributed by atoms with Crippen molar-refractivity contribution in [1.29, 1.82) is 0 Å². The van der Waals surface area contributed by atoms with E-state index in [0.717, 1.165) is 9.80 Å². The van der Waals surface area contributed by atoms with E-state index in [2.05, 4.69) is 25.8 Å². The lowest BCUT2D eigenvalue weighted by Gasteiger charge is -2.43. The molecule has 0 aromatic heterocycles. The number of hydrogen-bond acceptors (Lipinski definition) is 13. The molecule has 0 saturated carbocycles. The highest BCUT2D eigenvalue weighted by Gasteiger charge is 2.46. The molecular formula is C46H59N6O15P. The van der Waals surface area contributed by atoms with Crippen molar-refractivity contribution < 1.29 is 72.5 Å². The average Bonchev–Trinajstić information content (AvgIpc) is 3.30. The zero-order chi connectivity index (χ0) is 49.9. The van der Waals surface area contributed by atoms with Gasteiger partial charge in [0.05, 0.1) is 6.61 Å². The first kappa shape index (κ1) is 52.7. The standard InChI is InChI=1S/C46H59N6O15P/c1-5-26(2)38-46(62)67-27(3)39(50-42(58)36(54)25-66-68(63,64)65)43(59)48-33(22-28-12-8-6-9-13-28)40(56)47-32-20-21-37(55)52(44(32)60)35(24-29-14-10-7-11-15-29)45(61)51(4)34(41(57)49-38)23-30-16-18-31(53)19-17-30/h6-19,26-27,32-39,53-55H,5,20-25H2,1-4H3,(H,47,56)(H,48,59)(H,49,57)(H,50,58)(H2,63,64,65)/t26-,27+,32+,33-,34-,35-,36-,37+,38-,39-/m0/s1. The summed E-state index contributed by atoms with van der Waals surface area (Å²) in [5.74, 6) is -7.74. The van der Waals surface area contributed by atoms with Gasteiger partial charge in [-0.2, -0.15) is 0 Å². The van der Waals surface area contributed by atoms with Crippen molar-refractivity contribution in [2.45, 2.75) is 114 Å². The van der Waals surface area contributed by atoms with Gasteiger partial charge in [0.15, 0.2) is 6.10 Å². The number of ether oxygens (including phenoxy) is 1. The van der Waals surface area contributed by atoms with Crippen molar-refractivity contribution in [2.75, 3.05) is 13.7 Å². The number of benzene rings is 3. The van der Waals surface area contributed by atoms with Crippen molar-refractivity contribution in [1.82, 2.24) is 31.1 Å². The molecule has 6 amide bonds. The lowest BCUT2D eigenvalue weighted by Crippen LogP contribution is -2.65. The highest BCUT2D eigenvalue weighted by molar-refractivity contribution is 7.46. The molecule has 0 radical (unpaired) electrons. The summed E-state index contributed by atoms with van der Waals surface area (Å²) in [4.78, 5) is 121. The Labute approximate surface area is 392 Å². The molecule has 21 nitrogen and oxygen atoms in total. The molecule has 2 fully saturated rings. The number of nitrogens with one attached hydrogen (secondary N) is 4. The van der Waals surface area contributed by atoms with E-state index in [1.165, 1.54) is 38.2 Å². The van der Waals surface area contributed by atoms with Crippen molar-refractivity contribution >= 4 is 49.2 Å². The Bertz CT molecular complexity index is 2300. The summed E-state index contributed by atoms with van der Waals surface area (Å²) in [5, 5.41) is 42.2. The summed E-state index contributed by atoms with van der Waals surface area (Å²) in [7, 11) is -3.83. The van der Waals surface area contributed by atoms with Crippen LogP contribution < -0.4 is 21.3 Å². The van der Waals surface area contributed by atoms with Gasteiger partial charge in [0.25, 0.3) is 5.91 Å². The molecule has 2 aliphatic rings. The number of amides is 6. The van der Waals surface area contributed by atoms with Crippen molar-refractivity contribution in [3.8, 4) is 5.75 Å². The first-order chi connectivity index (χ1) is 32.2. The SMILES string of the molecule is CC[C@H](C)[C@@H]1NC(=O)[C@H](Cc2ccc(O)cc2)N(C)C(=O)[C@H](Cc2ccccc2)N2C(=O)[C@@H](CC[C@H]2O)NC(=O)[C@H](Cc2ccccc2)NC(=O)[C@@H](NC(=O)[C@@H](O)COP(=O)(O)O)[C@@H](C)OC1=O. The number of phenolic OH excluding ortho intramolecular Hbond substituents is 1. The number of phenols is 1. The van der Waals surface area contributed by atoms with Crippen LogP contribution in [0.25, 0.3) is 0 Å². The molecule has 2 heterocycles. The second-order valence-corrected chi connectivity index (χ2v) is 18.2. The van der Waals surface area contributed by atoms with Gasteiger partial charge in [-0.15, -0.1) is 0 Å². The number of aliphatic hydroxyl groups is 2. The van der Waals surface area contributed by atoms with E-state index in [0.29, 0.717) is 16.7 Å². The minimum absolute atomic E-state index is 0.0717. The zero-order valence-corrected chi connectivity index (χ0v) is 38.9. The van der Waals surface area contributed by atoms with Crippen LogP contribution >= 0.6 is 7.82 Å². The van der Waals surface area contributed by atoms with Crippen LogP contribution in [0.2, 0.25) is 0 Å². The number of esters is 1. The Balaban J connectivity index is 1.64. The largest absolute Gasteiger partial charge is 0.508 e. The minimum atomic E-state index is -5.17. The molecule has 3 aromatic carbocycles. The number of hydrogen-bond donors (Lipinski definition) is 9. The van der Waals surface area contributed by atoms with Crippen LogP contribution in [0.5, 0.6) is 5.75 Å².